The first kappa shape index (κ1) is 19.0. The Bertz CT molecular complexity index is 907. The minimum Gasteiger partial charge on any atom is -0.497 e. The third-order valence-corrected chi connectivity index (χ3v) is 7.23. The highest BCUT2D eigenvalue weighted by atomic mass is 35.5. The van der Waals surface area contributed by atoms with Crippen LogP contribution in [0.4, 0.5) is 5.69 Å². The SMILES string of the molecule is COc1ccc(S(=O)(=O)N2CCN(c3ccc(C)c(Cl)c3)CC2)c(C)c1. The summed E-state index contributed by atoms with van der Waals surface area (Å²) in [6.45, 7) is 5.91. The lowest BCUT2D eigenvalue weighted by Crippen LogP contribution is -2.48. The van der Waals surface area contributed by atoms with E-state index >= 15 is 0 Å². The summed E-state index contributed by atoms with van der Waals surface area (Å²) < 4.78 is 32.7. The molecule has 140 valence electrons. The fraction of sp³-hybridized carbons (Fsp3) is 0.368. The number of sulfonamides is 1. The number of methoxy groups -OCH3 is 1. The lowest BCUT2D eigenvalue weighted by Gasteiger charge is -2.35. The molecule has 2 aromatic rings. The molecule has 0 amide bonds. The molecule has 0 aliphatic carbocycles. The van der Waals surface area contributed by atoms with E-state index in [0.717, 1.165) is 16.3 Å². The lowest BCUT2D eigenvalue weighted by molar-refractivity contribution is 0.384. The van der Waals surface area contributed by atoms with Crippen molar-refractivity contribution >= 4 is 27.3 Å². The van der Waals surface area contributed by atoms with Crippen molar-refractivity contribution in [3.8, 4) is 5.75 Å². The molecule has 1 aliphatic rings. The van der Waals surface area contributed by atoms with Gasteiger partial charge in [0.2, 0.25) is 10.0 Å². The van der Waals surface area contributed by atoms with Crippen molar-refractivity contribution < 1.29 is 13.2 Å². The smallest absolute Gasteiger partial charge is 0.243 e. The van der Waals surface area contributed by atoms with Gasteiger partial charge >= 0.3 is 0 Å². The number of benzene rings is 2. The van der Waals surface area contributed by atoms with E-state index in [4.69, 9.17) is 16.3 Å². The van der Waals surface area contributed by atoms with Gasteiger partial charge in [-0.25, -0.2) is 8.42 Å². The minimum absolute atomic E-state index is 0.338. The molecule has 0 saturated carbocycles. The number of hydrogen-bond donors (Lipinski definition) is 0. The quantitative estimate of drug-likeness (QED) is 0.796. The summed E-state index contributed by atoms with van der Waals surface area (Å²) >= 11 is 6.21. The number of halogens is 1. The highest BCUT2D eigenvalue weighted by molar-refractivity contribution is 7.89. The molecular formula is C19H23ClN2O3S. The average molecular weight is 395 g/mol. The van der Waals surface area contributed by atoms with Gasteiger partial charge in [-0.1, -0.05) is 17.7 Å². The molecule has 3 rings (SSSR count). The van der Waals surface area contributed by atoms with Gasteiger partial charge in [0.15, 0.2) is 0 Å². The van der Waals surface area contributed by atoms with Gasteiger partial charge in [0.05, 0.1) is 12.0 Å². The molecule has 26 heavy (non-hydrogen) atoms. The van der Waals surface area contributed by atoms with Crippen LogP contribution in [-0.4, -0.2) is 46.0 Å². The Morgan fingerprint density at radius 2 is 1.65 bits per heavy atom. The summed E-state index contributed by atoms with van der Waals surface area (Å²) in [5, 5.41) is 0.728. The summed E-state index contributed by atoms with van der Waals surface area (Å²) in [6, 6.07) is 11.0. The van der Waals surface area contributed by atoms with Crippen molar-refractivity contribution in [2.45, 2.75) is 18.7 Å². The van der Waals surface area contributed by atoms with Crippen LogP contribution in [0.25, 0.3) is 0 Å². The van der Waals surface area contributed by atoms with Crippen molar-refractivity contribution in [3.63, 3.8) is 0 Å². The van der Waals surface area contributed by atoms with E-state index in [1.165, 1.54) is 0 Å². The molecule has 0 unspecified atom stereocenters. The molecule has 0 spiro atoms. The lowest BCUT2D eigenvalue weighted by atomic mass is 10.2. The van der Waals surface area contributed by atoms with Crippen LogP contribution in [0.15, 0.2) is 41.3 Å². The summed E-state index contributed by atoms with van der Waals surface area (Å²) in [6.07, 6.45) is 0. The summed E-state index contributed by atoms with van der Waals surface area (Å²) in [7, 11) is -1.94. The van der Waals surface area contributed by atoms with Crippen molar-refractivity contribution in [1.29, 1.82) is 0 Å². The molecule has 0 radical (unpaired) electrons. The molecule has 1 aliphatic heterocycles. The molecule has 7 heteroatoms. The fourth-order valence-electron chi connectivity index (χ4n) is 3.14. The van der Waals surface area contributed by atoms with Crippen molar-refractivity contribution in [3.05, 3.63) is 52.5 Å². The third-order valence-electron chi connectivity index (χ3n) is 4.76. The van der Waals surface area contributed by atoms with Gasteiger partial charge in [-0.15, -0.1) is 0 Å². The van der Waals surface area contributed by atoms with Crippen LogP contribution in [0.5, 0.6) is 5.75 Å². The number of anilines is 1. The van der Waals surface area contributed by atoms with E-state index in [1.54, 1.807) is 36.5 Å². The number of nitrogens with zero attached hydrogens (tertiary/aromatic N) is 2. The first-order valence-electron chi connectivity index (χ1n) is 8.49. The molecule has 5 nitrogen and oxygen atoms in total. The van der Waals surface area contributed by atoms with Crippen molar-refractivity contribution in [2.75, 3.05) is 38.2 Å². The second-order valence-corrected chi connectivity index (χ2v) is 8.77. The predicted molar refractivity (Wildman–Crippen MR) is 105 cm³/mol. The third kappa shape index (κ3) is 3.68. The Labute approximate surface area is 160 Å². The Kier molecular flexibility index (Phi) is 5.46. The van der Waals surface area contributed by atoms with Gasteiger partial charge in [-0.2, -0.15) is 4.31 Å². The van der Waals surface area contributed by atoms with E-state index in [1.807, 2.05) is 25.1 Å². The molecule has 2 aromatic carbocycles. The zero-order valence-corrected chi connectivity index (χ0v) is 16.8. The normalized spacial score (nSPS) is 15.9. The predicted octanol–water partition coefficient (Wildman–Crippen LogP) is 3.48. The van der Waals surface area contributed by atoms with Crippen LogP contribution in [0, 0.1) is 13.8 Å². The average Bonchev–Trinajstić information content (AvgIpc) is 2.63. The monoisotopic (exact) mass is 394 g/mol. The first-order valence-corrected chi connectivity index (χ1v) is 10.3. The summed E-state index contributed by atoms with van der Waals surface area (Å²) in [4.78, 5) is 2.50. The summed E-state index contributed by atoms with van der Waals surface area (Å²) in [5.41, 5.74) is 2.75. The first-order chi connectivity index (χ1) is 12.3. The molecule has 1 heterocycles. The van der Waals surface area contributed by atoms with E-state index in [-0.39, 0.29) is 0 Å². The fourth-order valence-corrected chi connectivity index (χ4v) is 4.95. The molecule has 0 aromatic heterocycles. The molecule has 1 fully saturated rings. The standard InChI is InChI=1S/C19H23ClN2O3S/c1-14-4-5-16(13-18(14)20)21-8-10-22(11-9-21)26(23,24)19-7-6-17(25-3)12-15(19)2/h4-7,12-13H,8-11H2,1-3H3. The zero-order valence-electron chi connectivity index (χ0n) is 15.2. The van der Waals surface area contributed by atoms with Gasteiger partial charge < -0.3 is 9.64 Å². The van der Waals surface area contributed by atoms with Crippen LogP contribution in [0.3, 0.4) is 0 Å². The van der Waals surface area contributed by atoms with Crippen LogP contribution in [0.1, 0.15) is 11.1 Å². The largest absolute Gasteiger partial charge is 0.497 e. The zero-order chi connectivity index (χ0) is 18.9. The number of piperazine rings is 1. The number of ether oxygens (including phenoxy) is 1. The van der Waals surface area contributed by atoms with E-state index in [0.29, 0.717) is 42.4 Å². The molecular weight excluding hydrogens is 372 g/mol. The van der Waals surface area contributed by atoms with Gasteiger partial charge in [0.1, 0.15) is 5.75 Å². The maximum absolute atomic E-state index is 13.0. The second kappa shape index (κ2) is 7.47. The Morgan fingerprint density at radius 1 is 0.962 bits per heavy atom. The molecule has 0 N–H and O–H groups in total. The minimum atomic E-state index is -3.51. The molecule has 1 saturated heterocycles. The van der Waals surface area contributed by atoms with E-state index in [2.05, 4.69) is 4.90 Å². The molecule has 0 atom stereocenters. The Morgan fingerprint density at radius 3 is 2.23 bits per heavy atom. The Balaban J connectivity index is 1.75. The van der Waals surface area contributed by atoms with Gasteiger partial charge in [-0.3, -0.25) is 0 Å². The van der Waals surface area contributed by atoms with Crippen molar-refractivity contribution in [1.82, 2.24) is 4.31 Å². The van der Waals surface area contributed by atoms with Crippen LogP contribution < -0.4 is 9.64 Å². The summed E-state index contributed by atoms with van der Waals surface area (Å²) in [5.74, 6) is 0.655. The van der Waals surface area contributed by atoms with Crippen LogP contribution in [-0.2, 0) is 10.0 Å². The highest BCUT2D eigenvalue weighted by Crippen LogP contribution is 2.27. The van der Waals surface area contributed by atoms with E-state index in [9.17, 15) is 8.42 Å². The second-order valence-electron chi connectivity index (χ2n) is 6.46. The highest BCUT2D eigenvalue weighted by Gasteiger charge is 2.29. The topological polar surface area (TPSA) is 49.9 Å². The Hall–Kier alpha value is -1.76. The number of rotatable bonds is 4. The van der Waals surface area contributed by atoms with Crippen molar-refractivity contribution in [2.24, 2.45) is 0 Å². The maximum atomic E-state index is 13.0. The number of hydrogen-bond acceptors (Lipinski definition) is 4. The van der Waals surface area contributed by atoms with Gasteiger partial charge in [-0.05, 0) is 55.3 Å². The maximum Gasteiger partial charge on any atom is 0.243 e. The van der Waals surface area contributed by atoms with Gasteiger partial charge in [0, 0.05) is 36.9 Å². The number of aryl methyl sites for hydroxylation is 2. The van der Waals surface area contributed by atoms with Gasteiger partial charge in [0.25, 0.3) is 0 Å². The van der Waals surface area contributed by atoms with Crippen LogP contribution >= 0.6 is 11.6 Å². The molecule has 0 bridgehead atoms. The van der Waals surface area contributed by atoms with Crippen LogP contribution in [0.2, 0.25) is 5.02 Å². The van der Waals surface area contributed by atoms with E-state index < -0.39 is 10.0 Å².